The van der Waals surface area contributed by atoms with Gasteiger partial charge >= 0.3 is 0 Å². The number of halogens is 1. The van der Waals surface area contributed by atoms with Gasteiger partial charge < -0.3 is 15.0 Å². The standard InChI is InChI=1S/C25H27FN4O3/c1-16(2)13-30-23(17-12-27-29(3)14-17)22(20-9-4-5-10-21(20)25(30)32)24(31)28-18-7-6-8-19(11-18)33-15-26/h4-12,14,16,22-23H,13,15H2,1-3H3,(H,28,31)/t22-,23+/m1/s1. The minimum absolute atomic E-state index is 0.101. The average Bonchev–Trinajstić information content (AvgIpc) is 3.21. The summed E-state index contributed by atoms with van der Waals surface area (Å²) >= 11 is 0. The number of anilines is 1. The van der Waals surface area contributed by atoms with E-state index in [9.17, 15) is 14.0 Å². The Kier molecular flexibility index (Phi) is 6.44. The minimum atomic E-state index is -0.956. The quantitative estimate of drug-likeness (QED) is 0.582. The van der Waals surface area contributed by atoms with Crippen LogP contribution in [0.1, 0.15) is 47.3 Å². The smallest absolute Gasteiger partial charge is 0.254 e. The van der Waals surface area contributed by atoms with Gasteiger partial charge in [-0.2, -0.15) is 5.10 Å². The third kappa shape index (κ3) is 4.60. The number of hydrogen-bond donors (Lipinski definition) is 1. The van der Waals surface area contributed by atoms with E-state index in [0.29, 0.717) is 29.1 Å². The Morgan fingerprint density at radius 2 is 2.00 bits per heavy atom. The first-order valence-electron chi connectivity index (χ1n) is 10.9. The van der Waals surface area contributed by atoms with E-state index in [1.807, 2.05) is 32.2 Å². The summed E-state index contributed by atoms with van der Waals surface area (Å²) in [5, 5.41) is 7.23. The Hall–Kier alpha value is -3.68. The lowest BCUT2D eigenvalue weighted by Crippen LogP contribution is -2.47. The Morgan fingerprint density at radius 1 is 1.21 bits per heavy atom. The summed E-state index contributed by atoms with van der Waals surface area (Å²) in [4.78, 5) is 29.0. The number of nitrogens with zero attached hydrogens (tertiary/aromatic N) is 3. The van der Waals surface area contributed by atoms with Crippen LogP contribution in [0.15, 0.2) is 60.9 Å². The molecule has 2 aromatic carbocycles. The van der Waals surface area contributed by atoms with E-state index >= 15 is 0 Å². The van der Waals surface area contributed by atoms with Gasteiger partial charge in [-0.15, -0.1) is 0 Å². The molecule has 0 saturated carbocycles. The minimum Gasteiger partial charge on any atom is -0.463 e. The first kappa shape index (κ1) is 22.5. The SMILES string of the molecule is CC(C)CN1C(=O)c2ccccc2[C@@H](C(=O)Nc2cccc(OCF)c2)[C@@H]1c1cnn(C)c1. The number of benzene rings is 2. The van der Waals surface area contributed by atoms with Crippen molar-refractivity contribution >= 4 is 17.5 Å². The van der Waals surface area contributed by atoms with Crippen LogP contribution >= 0.6 is 0 Å². The molecule has 33 heavy (non-hydrogen) atoms. The lowest BCUT2D eigenvalue weighted by molar-refractivity contribution is -0.119. The second-order valence-corrected chi connectivity index (χ2v) is 8.58. The summed E-state index contributed by atoms with van der Waals surface area (Å²) in [7, 11) is 1.81. The van der Waals surface area contributed by atoms with Gasteiger partial charge in [0.15, 0.2) is 0 Å². The zero-order valence-corrected chi connectivity index (χ0v) is 18.9. The molecule has 3 aromatic rings. The van der Waals surface area contributed by atoms with Crippen LogP contribution in [0.2, 0.25) is 0 Å². The fourth-order valence-electron chi connectivity index (χ4n) is 4.38. The zero-order chi connectivity index (χ0) is 23.5. The third-order valence-corrected chi connectivity index (χ3v) is 5.67. The first-order chi connectivity index (χ1) is 15.9. The number of amides is 2. The topological polar surface area (TPSA) is 76.5 Å². The van der Waals surface area contributed by atoms with Crippen molar-refractivity contribution in [3.05, 3.63) is 77.6 Å². The molecule has 172 valence electrons. The Balaban J connectivity index is 1.79. The molecule has 7 nitrogen and oxygen atoms in total. The number of ether oxygens (including phenoxy) is 1. The maximum Gasteiger partial charge on any atom is 0.254 e. The van der Waals surface area contributed by atoms with E-state index in [1.165, 1.54) is 0 Å². The number of aryl methyl sites for hydroxylation is 1. The van der Waals surface area contributed by atoms with E-state index in [-0.39, 0.29) is 17.7 Å². The van der Waals surface area contributed by atoms with Gasteiger partial charge in [-0.1, -0.05) is 38.1 Å². The van der Waals surface area contributed by atoms with Gasteiger partial charge in [0, 0.05) is 42.7 Å². The van der Waals surface area contributed by atoms with Crippen LogP contribution in [-0.2, 0) is 11.8 Å². The van der Waals surface area contributed by atoms with Gasteiger partial charge in [0.1, 0.15) is 5.75 Å². The van der Waals surface area contributed by atoms with Gasteiger partial charge in [-0.25, -0.2) is 4.39 Å². The largest absolute Gasteiger partial charge is 0.463 e. The molecule has 2 atom stereocenters. The van der Waals surface area contributed by atoms with Crippen LogP contribution in [0.5, 0.6) is 5.75 Å². The van der Waals surface area contributed by atoms with Crippen LogP contribution in [0.4, 0.5) is 10.1 Å². The number of nitrogens with one attached hydrogen (secondary N) is 1. The molecule has 1 aromatic heterocycles. The molecule has 2 heterocycles. The summed E-state index contributed by atoms with van der Waals surface area (Å²) in [6.45, 7) is 3.62. The second kappa shape index (κ2) is 9.44. The van der Waals surface area contributed by atoms with Crippen LogP contribution in [0.25, 0.3) is 0 Å². The van der Waals surface area contributed by atoms with Crippen LogP contribution in [-0.4, -0.2) is 39.9 Å². The number of carbonyl (C=O) groups excluding carboxylic acids is 2. The predicted molar refractivity (Wildman–Crippen MR) is 123 cm³/mol. The molecule has 0 radical (unpaired) electrons. The summed E-state index contributed by atoms with van der Waals surface area (Å²) in [5.41, 5.74) is 2.47. The molecule has 0 unspecified atom stereocenters. The van der Waals surface area contributed by atoms with Crippen molar-refractivity contribution in [2.45, 2.75) is 25.8 Å². The highest BCUT2D eigenvalue weighted by Crippen LogP contribution is 2.43. The van der Waals surface area contributed by atoms with E-state index < -0.39 is 18.8 Å². The van der Waals surface area contributed by atoms with Crippen molar-refractivity contribution < 1.29 is 18.7 Å². The van der Waals surface area contributed by atoms with E-state index in [1.54, 1.807) is 59.2 Å². The number of aromatic nitrogens is 2. The highest BCUT2D eigenvalue weighted by molar-refractivity contribution is 6.04. The molecule has 0 aliphatic carbocycles. The molecule has 4 rings (SSSR count). The van der Waals surface area contributed by atoms with Crippen molar-refractivity contribution in [2.24, 2.45) is 13.0 Å². The van der Waals surface area contributed by atoms with Crippen LogP contribution in [0, 0.1) is 5.92 Å². The molecule has 2 amide bonds. The van der Waals surface area contributed by atoms with Crippen molar-refractivity contribution in [3.8, 4) is 5.75 Å². The molecule has 0 fully saturated rings. The lowest BCUT2D eigenvalue weighted by atomic mass is 9.79. The molecule has 1 N–H and O–H groups in total. The van der Waals surface area contributed by atoms with Crippen molar-refractivity contribution in [1.82, 2.24) is 14.7 Å². The molecular formula is C25H27FN4O3. The zero-order valence-electron chi connectivity index (χ0n) is 18.9. The average molecular weight is 451 g/mol. The molecule has 8 heteroatoms. The predicted octanol–water partition coefficient (Wildman–Crippen LogP) is 4.30. The van der Waals surface area contributed by atoms with Gasteiger partial charge in [-0.3, -0.25) is 14.3 Å². The van der Waals surface area contributed by atoms with E-state index in [2.05, 4.69) is 10.4 Å². The number of rotatable bonds is 7. The van der Waals surface area contributed by atoms with Gasteiger partial charge in [0.05, 0.1) is 18.2 Å². The number of alkyl halides is 1. The molecule has 0 saturated heterocycles. The Morgan fingerprint density at radius 3 is 2.70 bits per heavy atom. The first-order valence-corrected chi connectivity index (χ1v) is 10.9. The van der Waals surface area contributed by atoms with Gasteiger partial charge in [0.2, 0.25) is 12.8 Å². The van der Waals surface area contributed by atoms with Crippen molar-refractivity contribution in [3.63, 3.8) is 0 Å². The maximum absolute atomic E-state index is 13.7. The fraction of sp³-hybridized carbons (Fsp3) is 0.320. The summed E-state index contributed by atoms with van der Waals surface area (Å²) in [6, 6.07) is 13.3. The second-order valence-electron chi connectivity index (χ2n) is 8.58. The number of fused-ring (bicyclic) bond motifs is 1. The Bertz CT molecular complexity index is 1160. The lowest BCUT2D eigenvalue weighted by Gasteiger charge is -2.42. The van der Waals surface area contributed by atoms with Gasteiger partial charge in [0.25, 0.3) is 5.91 Å². The highest BCUT2D eigenvalue weighted by atomic mass is 19.1. The third-order valence-electron chi connectivity index (χ3n) is 5.67. The number of carbonyl (C=O) groups is 2. The van der Waals surface area contributed by atoms with E-state index in [0.717, 1.165) is 5.56 Å². The fourth-order valence-corrected chi connectivity index (χ4v) is 4.38. The summed E-state index contributed by atoms with van der Waals surface area (Å²) in [5.74, 6) is -0.505. The van der Waals surface area contributed by atoms with Crippen molar-refractivity contribution in [1.29, 1.82) is 0 Å². The van der Waals surface area contributed by atoms with E-state index in [4.69, 9.17) is 4.74 Å². The maximum atomic E-state index is 13.7. The summed E-state index contributed by atoms with van der Waals surface area (Å²) < 4.78 is 19.2. The van der Waals surface area contributed by atoms with Gasteiger partial charge in [-0.05, 0) is 29.7 Å². The van der Waals surface area contributed by atoms with Crippen molar-refractivity contribution in [2.75, 3.05) is 18.7 Å². The van der Waals surface area contributed by atoms with Crippen LogP contribution in [0.3, 0.4) is 0 Å². The van der Waals surface area contributed by atoms with Crippen LogP contribution < -0.4 is 10.1 Å². The summed E-state index contributed by atoms with van der Waals surface area (Å²) in [6.07, 6.45) is 3.55. The molecule has 1 aliphatic heterocycles. The molecule has 0 spiro atoms. The normalized spacial score (nSPS) is 17.7. The molecule has 0 bridgehead atoms. The molecular weight excluding hydrogens is 423 g/mol. The Labute approximate surface area is 192 Å². The highest BCUT2D eigenvalue weighted by Gasteiger charge is 2.44. The molecule has 1 aliphatic rings. The number of hydrogen-bond acceptors (Lipinski definition) is 4. The monoisotopic (exact) mass is 450 g/mol.